The van der Waals surface area contributed by atoms with E-state index in [2.05, 4.69) is 82.3 Å². The molecule has 0 fully saturated rings. The monoisotopic (exact) mass is 641 g/mol. The normalized spacial score (nSPS) is 11.6. The first kappa shape index (κ1) is 28.1. The Balaban J connectivity index is 1.25. The first-order valence-electron chi connectivity index (χ1n) is 16.6. The summed E-state index contributed by atoms with van der Waals surface area (Å²) in [7, 11) is 0. The molecule has 0 saturated carbocycles. The number of furan rings is 1. The molecular formula is C44H27N5O. The Kier molecular flexibility index (Phi) is 6.39. The van der Waals surface area contributed by atoms with E-state index in [1.807, 2.05) is 91.3 Å². The standard InChI is InChI=1S/C44H27N5O/c1-4-12-28(13-5-1)31-22-23-38-34(26-31)41-33(19-11-21-39(41)50-38)32-18-10-20-37-40(32)35-27-45-25-24-36(35)49(37)44-47-42(29-14-6-2-7-15-29)46-43(48-44)30-16-8-3-9-17-30/h1-27H. The molecule has 4 heterocycles. The minimum atomic E-state index is 0.542. The first-order chi connectivity index (χ1) is 24.8. The lowest BCUT2D eigenvalue weighted by Gasteiger charge is -2.11. The molecule has 0 aliphatic heterocycles. The number of benzene rings is 6. The highest BCUT2D eigenvalue weighted by Gasteiger charge is 2.22. The van der Waals surface area contributed by atoms with Crippen LogP contribution in [-0.4, -0.2) is 24.5 Å². The van der Waals surface area contributed by atoms with Crippen molar-refractivity contribution < 1.29 is 4.42 Å². The molecule has 50 heavy (non-hydrogen) atoms. The molecule has 4 aromatic heterocycles. The van der Waals surface area contributed by atoms with Crippen molar-refractivity contribution in [2.45, 2.75) is 0 Å². The summed E-state index contributed by atoms with van der Waals surface area (Å²) >= 11 is 0. The summed E-state index contributed by atoms with van der Waals surface area (Å²) in [5, 5.41) is 4.24. The third-order valence-electron chi connectivity index (χ3n) is 9.37. The summed E-state index contributed by atoms with van der Waals surface area (Å²) in [5.41, 5.74) is 9.97. The van der Waals surface area contributed by atoms with Gasteiger partial charge in [0.15, 0.2) is 11.6 Å². The van der Waals surface area contributed by atoms with E-state index in [-0.39, 0.29) is 0 Å². The van der Waals surface area contributed by atoms with Crippen molar-refractivity contribution in [3.63, 3.8) is 0 Å². The van der Waals surface area contributed by atoms with Gasteiger partial charge in [-0.05, 0) is 52.6 Å². The highest BCUT2D eigenvalue weighted by Crippen LogP contribution is 2.43. The number of aromatic nitrogens is 5. The molecule has 0 N–H and O–H groups in total. The molecule has 6 aromatic carbocycles. The maximum atomic E-state index is 6.45. The smallest absolute Gasteiger partial charge is 0.238 e. The molecule has 0 atom stereocenters. The van der Waals surface area contributed by atoms with Crippen LogP contribution in [0.25, 0.3) is 94.7 Å². The summed E-state index contributed by atoms with van der Waals surface area (Å²) in [6.07, 6.45) is 3.76. The Morgan fingerprint density at radius 2 is 1.08 bits per heavy atom. The van der Waals surface area contributed by atoms with Gasteiger partial charge in [-0.3, -0.25) is 9.55 Å². The van der Waals surface area contributed by atoms with Crippen LogP contribution in [0.2, 0.25) is 0 Å². The number of rotatable bonds is 5. The molecule has 0 saturated heterocycles. The number of pyridine rings is 1. The summed E-state index contributed by atoms with van der Waals surface area (Å²) in [4.78, 5) is 19.7. The van der Waals surface area contributed by atoms with Gasteiger partial charge < -0.3 is 4.42 Å². The predicted octanol–water partition coefficient (Wildman–Crippen LogP) is 10.9. The average molecular weight is 642 g/mol. The van der Waals surface area contributed by atoms with Crippen molar-refractivity contribution in [1.82, 2.24) is 24.5 Å². The lowest BCUT2D eigenvalue weighted by Crippen LogP contribution is -2.06. The van der Waals surface area contributed by atoms with Gasteiger partial charge in [0, 0.05) is 45.1 Å². The molecule has 0 aliphatic carbocycles. The van der Waals surface area contributed by atoms with Crippen LogP contribution in [-0.2, 0) is 0 Å². The third kappa shape index (κ3) is 4.50. The lowest BCUT2D eigenvalue weighted by atomic mass is 9.95. The fourth-order valence-corrected chi connectivity index (χ4v) is 7.11. The van der Waals surface area contributed by atoms with E-state index >= 15 is 0 Å². The van der Waals surface area contributed by atoms with Crippen LogP contribution in [0.5, 0.6) is 0 Å². The average Bonchev–Trinajstić information content (AvgIpc) is 3.74. The van der Waals surface area contributed by atoms with Gasteiger partial charge in [0.1, 0.15) is 11.2 Å². The van der Waals surface area contributed by atoms with Gasteiger partial charge in [-0.15, -0.1) is 0 Å². The largest absolute Gasteiger partial charge is 0.456 e. The van der Waals surface area contributed by atoms with Crippen LogP contribution in [0, 0.1) is 0 Å². The zero-order valence-corrected chi connectivity index (χ0v) is 26.7. The highest BCUT2D eigenvalue weighted by atomic mass is 16.3. The van der Waals surface area contributed by atoms with E-state index < -0.39 is 0 Å². The van der Waals surface area contributed by atoms with Gasteiger partial charge in [-0.25, -0.2) is 4.98 Å². The van der Waals surface area contributed by atoms with Gasteiger partial charge in [0.2, 0.25) is 5.95 Å². The minimum Gasteiger partial charge on any atom is -0.456 e. The predicted molar refractivity (Wildman–Crippen MR) is 201 cm³/mol. The van der Waals surface area contributed by atoms with Crippen LogP contribution in [0.1, 0.15) is 0 Å². The van der Waals surface area contributed by atoms with Gasteiger partial charge in [-0.1, -0.05) is 121 Å². The van der Waals surface area contributed by atoms with Crippen LogP contribution in [0.3, 0.4) is 0 Å². The molecule has 0 radical (unpaired) electrons. The maximum Gasteiger partial charge on any atom is 0.238 e. The van der Waals surface area contributed by atoms with Crippen molar-refractivity contribution in [1.29, 1.82) is 0 Å². The Morgan fingerprint density at radius 1 is 0.440 bits per heavy atom. The molecule has 0 spiro atoms. The molecule has 0 unspecified atom stereocenters. The second-order valence-electron chi connectivity index (χ2n) is 12.3. The van der Waals surface area contributed by atoms with Crippen molar-refractivity contribution in [2.24, 2.45) is 0 Å². The number of nitrogens with zero attached hydrogens (tertiary/aromatic N) is 5. The van der Waals surface area contributed by atoms with E-state index in [1.165, 1.54) is 5.56 Å². The van der Waals surface area contributed by atoms with Crippen molar-refractivity contribution >= 4 is 43.7 Å². The molecule has 0 aliphatic rings. The number of hydrogen-bond donors (Lipinski definition) is 0. The van der Waals surface area contributed by atoms with Gasteiger partial charge in [-0.2, -0.15) is 9.97 Å². The minimum absolute atomic E-state index is 0.542. The maximum absolute atomic E-state index is 6.45. The zero-order valence-electron chi connectivity index (χ0n) is 26.7. The second-order valence-corrected chi connectivity index (χ2v) is 12.3. The quantitative estimate of drug-likeness (QED) is 0.187. The van der Waals surface area contributed by atoms with Gasteiger partial charge >= 0.3 is 0 Å². The summed E-state index contributed by atoms with van der Waals surface area (Å²) < 4.78 is 8.58. The summed E-state index contributed by atoms with van der Waals surface area (Å²) in [5.74, 6) is 1.76. The molecule has 6 nitrogen and oxygen atoms in total. The number of fused-ring (bicyclic) bond motifs is 6. The SMILES string of the molecule is c1ccc(-c2ccc3oc4cccc(-c5cccc6c5c5cnccc5n6-c5nc(-c6ccccc6)nc(-c6ccccc6)n5)c4c3c2)cc1. The fraction of sp³-hybridized carbons (Fsp3) is 0. The Bertz CT molecular complexity index is 2800. The lowest BCUT2D eigenvalue weighted by molar-refractivity contribution is 0.669. The van der Waals surface area contributed by atoms with E-state index in [9.17, 15) is 0 Å². The van der Waals surface area contributed by atoms with E-state index in [4.69, 9.17) is 19.4 Å². The molecule has 0 bridgehead atoms. The summed E-state index contributed by atoms with van der Waals surface area (Å²) in [6.45, 7) is 0. The van der Waals surface area contributed by atoms with E-state index in [0.29, 0.717) is 17.6 Å². The van der Waals surface area contributed by atoms with E-state index in [0.717, 1.165) is 71.6 Å². The molecule has 6 heteroatoms. The highest BCUT2D eigenvalue weighted by molar-refractivity contribution is 6.21. The number of hydrogen-bond acceptors (Lipinski definition) is 5. The molecule has 10 aromatic rings. The Morgan fingerprint density at radius 3 is 1.78 bits per heavy atom. The fourth-order valence-electron chi connectivity index (χ4n) is 7.11. The molecular weight excluding hydrogens is 615 g/mol. The van der Waals surface area contributed by atoms with Crippen molar-refractivity contribution in [3.05, 3.63) is 164 Å². The van der Waals surface area contributed by atoms with Gasteiger partial charge in [0.05, 0.1) is 11.0 Å². The molecule has 234 valence electrons. The van der Waals surface area contributed by atoms with Crippen molar-refractivity contribution in [3.8, 4) is 51.0 Å². The van der Waals surface area contributed by atoms with Crippen LogP contribution in [0.15, 0.2) is 168 Å². The topological polar surface area (TPSA) is 69.6 Å². The van der Waals surface area contributed by atoms with Crippen LogP contribution >= 0.6 is 0 Å². The molecule has 10 rings (SSSR count). The van der Waals surface area contributed by atoms with Gasteiger partial charge in [0.25, 0.3) is 0 Å². The molecule has 0 amide bonds. The van der Waals surface area contributed by atoms with Crippen LogP contribution in [0.4, 0.5) is 0 Å². The second kappa shape index (κ2) is 11.4. The summed E-state index contributed by atoms with van der Waals surface area (Å²) in [6, 6.07) is 51.8. The van der Waals surface area contributed by atoms with Crippen LogP contribution < -0.4 is 0 Å². The van der Waals surface area contributed by atoms with Crippen molar-refractivity contribution in [2.75, 3.05) is 0 Å². The third-order valence-corrected chi connectivity index (χ3v) is 9.37. The first-order valence-corrected chi connectivity index (χ1v) is 16.6. The zero-order chi connectivity index (χ0) is 33.0. The Hall–Kier alpha value is -6.92. The Labute approximate surface area is 287 Å². The van der Waals surface area contributed by atoms with E-state index in [1.54, 1.807) is 0 Å².